The van der Waals surface area contributed by atoms with E-state index in [1.54, 1.807) is 0 Å². The lowest BCUT2D eigenvalue weighted by Crippen LogP contribution is -2.12. The van der Waals surface area contributed by atoms with Crippen LogP contribution in [0.3, 0.4) is 0 Å². The smallest absolute Gasteiger partial charge is 0.333 e. The molecule has 1 aliphatic heterocycles. The Morgan fingerprint density at radius 1 is 1.50 bits per heavy atom. The van der Waals surface area contributed by atoms with Gasteiger partial charge in [-0.15, -0.1) is 0 Å². The Balaban J connectivity index is 2.19. The predicted octanol–water partition coefficient (Wildman–Crippen LogP) is 2.38. The third-order valence-electron chi connectivity index (χ3n) is 2.65. The van der Waals surface area contributed by atoms with Crippen LogP contribution in [-0.4, -0.2) is 12.6 Å². The van der Waals surface area contributed by atoms with Crippen molar-refractivity contribution < 1.29 is 9.53 Å². The molecule has 0 saturated carbocycles. The quantitative estimate of drug-likeness (QED) is 0.468. The molecule has 74 valence electrons. The number of hydrogen-bond donors (Lipinski definition) is 0. The largest absolute Gasteiger partial charge is 0.462 e. The monoisotopic (exact) mass is 190 g/mol. The molecule has 2 rings (SSSR count). The van der Waals surface area contributed by atoms with Crippen LogP contribution >= 0.6 is 0 Å². The number of esters is 1. The molecule has 0 bridgehead atoms. The molecule has 0 N–H and O–H groups in total. The van der Waals surface area contributed by atoms with E-state index in [1.165, 1.54) is 0 Å². The number of hydrogen-bond acceptors (Lipinski definition) is 2. The standard InChI is InChI=1S/C12H14O2/c1-12(6-3-2-4-7-12)9-10-5-8-14-11(10)13/h2-4,6,9H,5,7-8H2,1H3/b10-9-/t12-/m1/s1. The molecule has 1 aliphatic carbocycles. The third-order valence-corrected chi connectivity index (χ3v) is 2.65. The molecule has 1 fully saturated rings. The summed E-state index contributed by atoms with van der Waals surface area (Å²) in [6.07, 6.45) is 12.1. The second kappa shape index (κ2) is 3.45. The van der Waals surface area contributed by atoms with E-state index in [1.807, 2.05) is 18.2 Å². The van der Waals surface area contributed by atoms with Gasteiger partial charge in [0, 0.05) is 17.4 Å². The first kappa shape index (κ1) is 9.25. The minimum Gasteiger partial charge on any atom is -0.462 e. The lowest BCUT2D eigenvalue weighted by Gasteiger charge is -2.22. The summed E-state index contributed by atoms with van der Waals surface area (Å²) in [5.74, 6) is -0.144. The van der Waals surface area contributed by atoms with E-state index in [-0.39, 0.29) is 11.4 Å². The van der Waals surface area contributed by atoms with Gasteiger partial charge in [0.05, 0.1) is 6.61 Å². The summed E-state index contributed by atoms with van der Waals surface area (Å²) < 4.78 is 4.90. The van der Waals surface area contributed by atoms with E-state index in [0.29, 0.717) is 6.61 Å². The normalized spacial score (nSPS) is 33.8. The second-order valence-corrected chi connectivity index (χ2v) is 4.05. The van der Waals surface area contributed by atoms with Gasteiger partial charge >= 0.3 is 5.97 Å². The SMILES string of the molecule is C[C@@]1(/C=C2/CCOC2=O)C=CC=CC1. The topological polar surface area (TPSA) is 26.3 Å². The zero-order valence-corrected chi connectivity index (χ0v) is 8.32. The predicted molar refractivity (Wildman–Crippen MR) is 54.7 cm³/mol. The first-order valence-corrected chi connectivity index (χ1v) is 4.93. The number of rotatable bonds is 1. The van der Waals surface area contributed by atoms with Crippen LogP contribution in [0.1, 0.15) is 19.8 Å². The summed E-state index contributed by atoms with van der Waals surface area (Å²) in [4.78, 5) is 11.3. The molecule has 2 heteroatoms. The molecule has 1 heterocycles. The van der Waals surface area contributed by atoms with Gasteiger partial charge in [-0.05, 0) is 6.42 Å². The summed E-state index contributed by atoms with van der Waals surface area (Å²) in [7, 11) is 0. The fraction of sp³-hybridized carbons (Fsp3) is 0.417. The summed E-state index contributed by atoms with van der Waals surface area (Å²) in [6.45, 7) is 2.67. The Morgan fingerprint density at radius 3 is 2.93 bits per heavy atom. The maximum Gasteiger partial charge on any atom is 0.333 e. The van der Waals surface area contributed by atoms with Crippen LogP contribution in [0, 0.1) is 5.41 Å². The lowest BCUT2D eigenvalue weighted by molar-refractivity contribution is -0.135. The summed E-state index contributed by atoms with van der Waals surface area (Å²) in [5.41, 5.74) is 0.820. The van der Waals surface area contributed by atoms with E-state index < -0.39 is 0 Å². The zero-order chi connectivity index (χ0) is 10.0. The molecular weight excluding hydrogens is 176 g/mol. The van der Waals surface area contributed by atoms with E-state index >= 15 is 0 Å². The molecule has 0 radical (unpaired) electrons. The van der Waals surface area contributed by atoms with Gasteiger partial charge in [0.25, 0.3) is 0 Å². The Hall–Kier alpha value is -1.31. The van der Waals surface area contributed by atoms with Crippen molar-refractivity contribution in [3.63, 3.8) is 0 Å². The first-order valence-electron chi connectivity index (χ1n) is 4.93. The first-order chi connectivity index (χ1) is 6.70. The highest BCUT2D eigenvalue weighted by Crippen LogP contribution is 2.31. The highest BCUT2D eigenvalue weighted by atomic mass is 16.5. The molecule has 2 nitrogen and oxygen atoms in total. The van der Waals surface area contributed by atoms with E-state index in [2.05, 4.69) is 19.1 Å². The van der Waals surface area contributed by atoms with Crippen LogP contribution in [0.25, 0.3) is 0 Å². The van der Waals surface area contributed by atoms with Gasteiger partial charge in [0.1, 0.15) is 0 Å². The third kappa shape index (κ3) is 1.79. The van der Waals surface area contributed by atoms with Crippen molar-refractivity contribution in [1.29, 1.82) is 0 Å². The van der Waals surface area contributed by atoms with Crippen LogP contribution in [0.4, 0.5) is 0 Å². The molecule has 0 aromatic rings. The van der Waals surface area contributed by atoms with Gasteiger partial charge in [-0.25, -0.2) is 4.79 Å². The Morgan fingerprint density at radius 2 is 2.36 bits per heavy atom. The molecule has 2 aliphatic rings. The highest BCUT2D eigenvalue weighted by molar-refractivity contribution is 5.90. The van der Waals surface area contributed by atoms with Gasteiger partial charge in [-0.1, -0.05) is 37.3 Å². The van der Waals surface area contributed by atoms with Gasteiger partial charge in [-0.2, -0.15) is 0 Å². The van der Waals surface area contributed by atoms with Crippen molar-refractivity contribution in [3.05, 3.63) is 36.0 Å². The molecular formula is C12H14O2. The van der Waals surface area contributed by atoms with Crippen LogP contribution < -0.4 is 0 Å². The summed E-state index contributed by atoms with van der Waals surface area (Å²) in [5, 5.41) is 0. The molecule has 0 aromatic heterocycles. The van der Waals surface area contributed by atoms with Crippen LogP contribution in [-0.2, 0) is 9.53 Å². The molecule has 1 atom stereocenters. The van der Waals surface area contributed by atoms with Crippen molar-refractivity contribution in [2.45, 2.75) is 19.8 Å². The summed E-state index contributed by atoms with van der Waals surface area (Å²) >= 11 is 0. The van der Waals surface area contributed by atoms with Gasteiger partial charge < -0.3 is 4.74 Å². The van der Waals surface area contributed by atoms with Gasteiger partial charge in [0.15, 0.2) is 0 Å². The molecule has 0 aromatic carbocycles. The lowest BCUT2D eigenvalue weighted by atomic mass is 9.82. The van der Waals surface area contributed by atoms with Crippen molar-refractivity contribution in [3.8, 4) is 0 Å². The number of allylic oxidation sites excluding steroid dienone is 5. The minimum atomic E-state index is -0.144. The molecule has 1 saturated heterocycles. The molecule has 0 unspecified atom stereocenters. The Labute approximate surface area is 83.9 Å². The Bertz CT molecular complexity index is 336. The zero-order valence-electron chi connectivity index (χ0n) is 8.32. The van der Waals surface area contributed by atoms with Crippen molar-refractivity contribution in [1.82, 2.24) is 0 Å². The van der Waals surface area contributed by atoms with E-state index in [0.717, 1.165) is 18.4 Å². The highest BCUT2D eigenvalue weighted by Gasteiger charge is 2.25. The second-order valence-electron chi connectivity index (χ2n) is 4.05. The Kier molecular flexibility index (Phi) is 2.28. The number of carbonyl (C=O) groups excluding carboxylic acids is 1. The fourth-order valence-electron chi connectivity index (χ4n) is 1.83. The molecule has 14 heavy (non-hydrogen) atoms. The maximum atomic E-state index is 11.3. The minimum absolute atomic E-state index is 0.00650. The van der Waals surface area contributed by atoms with Crippen LogP contribution in [0.5, 0.6) is 0 Å². The average molecular weight is 190 g/mol. The molecule has 0 amide bonds. The van der Waals surface area contributed by atoms with Gasteiger partial charge in [0.2, 0.25) is 0 Å². The van der Waals surface area contributed by atoms with Crippen molar-refractivity contribution >= 4 is 5.97 Å². The van der Waals surface area contributed by atoms with Crippen molar-refractivity contribution in [2.75, 3.05) is 6.61 Å². The maximum absolute atomic E-state index is 11.3. The average Bonchev–Trinajstić information content (AvgIpc) is 2.52. The number of cyclic esters (lactones) is 1. The van der Waals surface area contributed by atoms with Crippen molar-refractivity contribution in [2.24, 2.45) is 5.41 Å². The summed E-state index contributed by atoms with van der Waals surface area (Å²) in [6, 6.07) is 0. The van der Waals surface area contributed by atoms with Gasteiger partial charge in [-0.3, -0.25) is 0 Å². The number of ether oxygens (including phenoxy) is 1. The van der Waals surface area contributed by atoms with Crippen LogP contribution in [0.15, 0.2) is 36.0 Å². The van der Waals surface area contributed by atoms with E-state index in [4.69, 9.17) is 4.74 Å². The fourth-order valence-corrected chi connectivity index (χ4v) is 1.83. The molecule has 0 spiro atoms. The number of carbonyl (C=O) groups is 1. The van der Waals surface area contributed by atoms with Crippen LogP contribution in [0.2, 0.25) is 0 Å². The van der Waals surface area contributed by atoms with E-state index in [9.17, 15) is 4.79 Å².